The van der Waals surface area contributed by atoms with Crippen LogP contribution in [0.2, 0.25) is 5.02 Å². The second-order valence-corrected chi connectivity index (χ2v) is 4.21. The van der Waals surface area contributed by atoms with Crippen LogP contribution >= 0.6 is 11.6 Å². The summed E-state index contributed by atoms with van der Waals surface area (Å²) >= 11 is 6.03. The highest BCUT2D eigenvalue weighted by Crippen LogP contribution is 2.27. The zero-order chi connectivity index (χ0) is 11.1. The minimum atomic E-state index is 0.757. The number of H-pyrrole nitrogens is 1. The third kappa shape index (κ3) is 1.41. The number of hydrogen-bond donors (Lipinski definition) is 1. The quantitative estimate of drug-likeness (QED) is 0.686. The maximum atomic E-state index is 6.03. The predicted molar refractivity (Wildman–Crippen MR) is 65.5 cm³/mol. The van der Waals surface area contributed by atoms with E-state index >= 15 is 0 Å². The Labute approximate surface area is 97.7 Å². The number of rotatable bonds is 1. The lowest BCUT2D eigenvalue weighted by atomic mass is 10.1. The van der Waals surface area contributed by atoms with Gasteiger partial charge in [-0.1, -0.05) is 23.7 Å². The highest BCUT2D eigenvalue weighted by molar-refractivity contribution is 6.35. The van der Waals surface area contributed by atoms with E-state index in [1.54, 1.807) is 10.9 Å². The van der Waals surface area contributed by atoms with Crippen molar-refractivity contribution in [3.63, 3.8) is 0 Å². The lowest BCUT2D eigenvalue weighted by Crippen LogP contribution is -1.84. The number of aromatic nitrogens is 3. The van der Waals surface area contributed by atoms with Crippen LogP contribution in [0.25, 0.3) is 22.0 Å². The van der Waals surface area contributed by atoms with Gasteiger partial charge in [0.2, 0.25) is 0 Å². The zero-order valence-corrected chi connectivity index (χ0v) is 9.49. The summed E-state index contributed by atoms with van der Waals surface area (Å²) in [5.74, 6) is 0. The third-order valence-electron chi connectivity index (χ3n) is 2.67. The highest BCUT2D eigenvalue weighted by Gasteiger charge is 2.04. The molecule has 0 spiro atoms. The summed E-state index contributed by atoms with van der Waals surface area (Å²) in [4.78, 5) is 3.15. The fourth-order valence-corrected chi connectivity index (χ4v) is 2.06. The number of aromatic amines is 1. The third-order valence-corrected chi connectivity index (χ3v) is 2.98. The Morgan fingerprint density at radius 3 is 2.94 bits per heavy atom. The van der Waals surface area contributed by atoms with Crippen molar-refractivity contribution in [2.75, 3.05) is 0 Å². The predicted octanol–water partition coefficient (Wildman–Crippen LogP) is 3.22. The van der Waals surface area contributed by atoms with Crippen LogP contribution in [-0.4, -0.2) is 14.8 Å². The molecule has 0 saturated heterocycles. The molecule has 1 N–H and O–H groups in total. The Hall–Kier alpha value is -1.74. The molecule has 0 aliphatic heterocycles. The minimum Gasteiger partial charge on any atom is -0.360 e. The highest BCUT2D eigenvalue weighted by atomic mass is 35.5. The molecule has 3 nitrogen and oxygen atoms in total. The Kier molecular flexibility index (Phi) is 2.01. The fraction of sp³-hybridized carbons (Fsp3) is 0.0833. The van der Waals surface area contributed by atoms with Gasteiger partial charge < -0.3 is 4.98 Å². The number of nitrogens with one attached hydrogen (secondary N) is 1. The molecule has 16 heavy (non-hydrogen) atoms. The summed E-state index contributed by atoms with van der Waals surface area (Å²) < 4.78 is 1.79. The molecule has 0 unspecified atom stereocenters. The van der Waals surface area contributed by atoms with E-state index in [0.29, 0.717) is 0 Å². The van der Waals surface area contributed by atoms with Crippen LogP contribution in [0.15, 0.2) is 36.8 Å². The summed E-state index contributed by atoms with van der Waals surface area (Å²) in [6, 6.07) is 6.16. The summed E-state index contributed by atoms with van der Waals surface area (Å²) in [6.07, 6.45) is 5.65. The van der Waals surface area contributed by atoms with E-state index < -0.39 is 0 Å². The first-order valence-corrected chi connectivity index (χ1v) is 5.37. The zero-order valence-electron chi connectivity index (χ0n) is 8.74. The number of halogens is 1. The molecular weight excluding hydrogens is 222 g/mol. The molecular formula is C12H10ClN3. The molecule has 0 saturated carbocycles. The van der Waals surface area contributed by atoms with E-state index in [1.165, 1.54) is 0 Å². The molecule has 3 aromatic rings. The molecule has 0 bridgehead atoms. The Morgan fingerprint density at radius 1 is 1.31 bits per heavy atom. The Morgan fingerprint density at radius 2 is 2.19 bits per heavy atom. The largest absolute Gasteiger partial charge is 0.360 e. The van der Waals surface area contributed by atoms with E-state index in [4.69, 9.17) is 11.6 Å². The maximum Gasteiger partial charge on any atom is 0.0659 e. The molecule has 3 rings (SSSR count). The average Bonchev–Trinajstić information content (AvgIpc) is 2.86. The molecule has 0 aliphatic rings. The van der Waals surface area contributed by atoms with Gasteiger partial charge in [-0.25, -0.2) is 0 Å². The van der Waals surface area contributed by atoms with E-state index in [-0.39, 0.29) is 0 Å². The molecule has 0 aliphatic carbocycles. The first-order valence-electron chi connectivity index (χ1n) is 5.00. The van der Waals surface area contributed by atoms with Gasteiger partial charge in [-0.15, -0.1) is 0 Å². The number of fused-ring (bicyclic) bond motifs is 1. The van der Waals surface area contributed by atoms with Crippen LogP contribution < -0.4 is 0 Å². The van der Waals surface area contributed by atoms with Gasteiger partial charge >= 0.3 is 0 Å². The first-order chi connectivity index (χ1) is 7.74. The van der Waals surface area contributed by atoms with Crippen molar-refractivity contribution in [1.82, 2.24) is 14.8 Å². The minimum absolute atomic E-state index is 0.757. The average molecular weight is 232 g/mol. The van der Waals surface area contributed by atoms with Crippen LogP contribution in [0, 0.1) is 0 Å². The second-order valence-electron chi connectivity index (χ2n) is 3.80. The van der Waals surface area contributed by atoms with Gasteiger partial charge in [0, 0.05) is 35.9 Å². The van der Waals surface area contributed by atoms with Gasteiger partial charge in [-0.05, 0) is 11.6 Å². The molecule has 4 heteroatoms. The standard InChI is InChI=1S/C12H10ClN3/c1-16-7-9(5-15-16)8-2-3-10-11(13)6-14-12(10)4-8/h2-7,14H,1H3. The van der Waals surface area contributed by atoms with Crippen LogP contribution in [0.4, 0.5) is 0 Å². The van der Waals surface area contributed by atoms with E-state index in [1.807, 2.05) is 25.5 Å². The molecule has 2 aromatic heterocycles. The Balaban J connectivity index is 2.18. The topological polar surface area (TPSA) is 33.6 Å². The van der Waals surface area contributed by atoms with Gasteiger partial charge in [-0.2, -0.15) is 5.10 Å². The molecule has 2 heterocycles. The van der Waals surface area contributed by atoms with Crippen molar-refractivity contribution < 1.29 is 0 Å². The molecule has 0 fully saturated rings. The fourth-order valence-electron chi connectivity index (χ4n) is 1.84. The van der Waals surface area contributed by atoms with Crippen molar-refractivity contribution in [3.05, 3.63) is 41.8 Å². The van der Waals surface area contributed by atoms with E-state index in [2.05, 4.69) is 22.2 Å². The number of nitrogens with zero attached hydrogens (tertiary/aromatic N) is 2. The summed E-state index contributed by atoms with van der Waals surface area (Å²) in [7, 11) is 1.91. The van der Waals surface area contributed by atoms with Gasteiger partial charge in [0.05, 0.1) is 11.2 Å². The van der Waals surface area contributed by atoms with Crippen molar-refractivity contribution in [1.29, 1.82) is 0 Å². The van der Waals surface area contributed by atoms with E-state index in [0.717, 1.165) is 27.1 Å². The summed E-state index contributed by atoms with van der Waals surface area (Å²) in [5.41, 5.74) is 3.29. The monoisotopic (exact) mass is 231 g/mol. The van der Waals surface area contributed by atoms with Gasteiger partial charge in [-0.3, -0.25) is 4.68 Å². The van der Waals surface area contributed by atoms with Gasteiger partial charge in [0.1, 0.15) is 0 Å². The van der Waals surface area contributed by atoms with Crippen molar-refractivity contribution in [2.24, 2.45) is 7.05 Å². The summed E-state index contributed by atoms with van der Waals surface area (Å²) in [6.45, 7) is 0. The van der Waals surface area contributed by atoms with Crippen LogP contribution in [-0.2, 0) is 7.05 Å². The van der Waals surface area contributed by atoms with Crippen molar-refractivity contribution in [2.45, 2.75) is 0 Å². The smallest absolute Gasteiger partial charge is 0.0659 e. The molecule has 0 radical (unpaired) electrons. The van der Waals surface area contributed by atoms with Crippen molar-refractivity contribution >= 4 is 22.5 Å². The molecule has 0 amide bonds. The summed E-state index contributed by atoms with van der Waals surface area (Å²) in [5, 5.41) is 5.97. The molecule has 80 valence electrons. The normalized spacial score (nSPS) is 11.1. The SMILES string of the molecule is Cn1cc(-c2ccc3c(Cl)c[nH]c3c2)cn1. The Bertz CT molecular complexity index is 651. The number of hydrogen-bond acceptors (Lipinski definition) is 1. The van der Waals surface area contributed by atoms with Crippen LogP contribution in [0.1, 0.15) is 0 Å². The van der Waals surface area contributed by atoms with Crippen molar-refractivity contribution in [3.8, 4) is 11.1 Å². The van der Waals surface area contributed by atoms with Crippen LogP contribution in [0.5, 0.6) is 0 Å². The lowest BCUT2D eigenvalue weighted by molar-refractivity contribution is 0.768. The van der Waals surface area contributed by atoms with Gasteiger partial charge in [0.15, 0.2) is 0 Å². The van der Waals surface area contributed by atoms with Crippen LogP contribution in [0.3, 0.4) is 0 Å². The number of aryl methyl sites for hydroxylation is 1. The lowest BCUT2D eigenvalue weighted by Gasteiger charge is -1.97. The first kappa shape index (κ1) is 9.48. The van der Waals surface area contributed by atoms with Gasteiger partial charge in [0.25, 0.3) is 0 Å². The molecule has 1 aromatic carbocycles. The van der Waals surface area contributed by atoms with E-state index in [9.17, 15) is 0 Å². The second kappa shape index (κ2) is 3.39. The maximum absolute atomic E-state index is 6.03. The molecule has 0 atom stereocenters. The number of benzene rings is 1.